The number of ether oxygens (including phenoxy) is 1. The number of fused-ring (bicyclic) bond motifs is 2. The van der Waals surface area contributed by atoms with Crippen LogP contribution < -0.4 is 21.2 Å². The summed E-state index contributed by atoms with van der Waals surface area (Å²) in [7, 11) is -3.14. The van der Waals surface area contributed by atoms with Gasteiger partial charge in [0.05, 0.1) is 23.6 Å². The fraction of sp³-hybridized carbons (Fsp3) is 0.316. The molecule has 52 heavy (non-hydrogen) atoms. The van der Waals surface area contributed by atoms with E-state index in [0.717, 1.165) is 15.4 Å². The van der Waals surface area contributed by atoms with Crippen LogP contribution >= 0.6 is 0 Å². The Morgan fingerprint density at radius 1 is 0.942 bits per heavy atom. The normalized spacial score (nSPS) is 19.1. The number of hydrogen-bond acceptors (Lipinski definition) is 9. The predicted octanol–water partition coefficient (Wildman–Crippen LogP) is 4.17. The van der Waals surface area contributed by atoms with Crippen LogP contribution in [0.5, 0.6) is 0 Å². The van der Waals surface area contributed by atoms with Gasteiger partial charge in [-0.2, -0.15) is 4.98 Å². The fourth-order valence-corrected chi connectivity index (χ4v) is 11.7. The molecule has 5 aromatic rings. The molecule has 2 aliphatic heterocycles. The zero-order chi connectivity index (χ0) is 36.8. The largest absolute Gasteiger partial charge is 0.402 e. The van der Waals surface area contributed by atoms with Crippen LogP contribution in [0, 0.1) is 5.92 Å². The highest BCUT2D eigenvalue weighted by Crippen LogP contribution is 2.42. The number of imidazole rings is 1. The molecule has 2 aromatic heterocycles. The van der Waals surface area contributed by atoms with Crippen molar-refractivity contribution in [2.75, 3.05) is 11.9 Å². The number of carbonyl (C=O) groups excluding carboxylic acids is 3. The topological polar surface area (TPSA) is 158 Å². The summed E-state index contributed by atoms with van der Waals surface area (Å²) in [6.45, 7) is 9.79. The van der Waals surface area contributed by atoms with Crippen molar-refractivity contribution in [1.82, 2.24) is 24.6 Å². The lowest BCUT2D eigenvalue weighted by atomic mass is 10.1. The zero-order valence-electron chi connectivity index (χ0n) is 29.5. The Kier molecular flexibility index (Phi) is 9.25. The van der Waals surface area contributed by atoms with E-state index in [4.69, 9.17) is 14.0 Å². The number of hydroxylamine groups is 2. The van der Waals surface area contributed by atoms with Gasteiger partial charge in [0.2, 0.25) is 11.9 Å². The molecule has 14 heteroatoms. The molecular weight excluding hydrogens is 681 g/mol. The van der Waals surface area contributed by atoms with E-state index in [1.54, 1.807) is 42.7 Å². The third-order valence-electron chi connectivity index (χ3n) is 9.56. The third-order valence-corrected chi connectivity index (χ3v) is 14.6. The van der Waals surface area contributed by atoms with Crippen molar-refractivity contribution in [1.29, 1.82) is 0 Å². The van der Waals surface area contributed by atoms with Gasteiger partial charge in [0.25, 0.3) is 25.7 Å². The Bertz CT molecular complexity index is 2120. The smallest absolute Gasteiger partial charge is 0.285 e. The summed E-state index contributed by atoms with van der Waals surface area (Å²) in [5.74, 6) is -1.78. The second-order valence-electron chi connectivity index (χ2n) is 14.3. The van der Waals surface area contributed by atoms with Crippen molar-refractivity contribution < 1.29 is 28.4 Å². The van der Waals surface area contributed by atoms with Gasteiger partial charge in [-0.05, 0) is 27.5 Å². The lowest BCUT2D eigenvalue weighted by molar-refractivity contribution is -0.139. The summed E-state index contributed by atoms with van der Waals surface area (Å²) in [6, 6.07) is 26.9. The maximum absolute atomic E-state index is 13.2. The third kappa shape index (κ3) is 6.17. The summed E-state index contributed by atoms with van der Waals surface area (Å²) in [6.07, 6.45) is -0.388. The van der Waals surface area contributed by atoms with Crippen molar-refractivity contribution in [3.63, 3.8) is 0 Å². The molecule has 2 N–H and O–H groups in total. The number of imide groups is 1. The van der Waals surface area contributed by atoms with Gasteiger partial charge in [0.15, 0.2) is 11.2 Å². The van der Waals surface area contributed by atoms with Crippen LogP contribution in [0.25, 0.3) is 11.2 Å². The molecule has 3 aromatic carbocycles. The second-order valence-corrected chi connectivity index (χ2v) is 18.6. The highest BCUT2D eigenvalue weighted by molar-refractivity contribution is 6.99. The maximum Gasteiger partial charge on any atom is 0.285 e. The van der Waals surface area contributed by atoms with Crippen molar-refractivity contribution in [2.45, 2.75) is 64.5 Å². The number of H-pyrrole nitrogens is 1. The minimum atomic E-state index is -3.14. The zero-order valence-corrected chi connectivity index (χ0v) is 30.5. The Balaban J connectivity index is 1.28. The van der Waals surface area contributed by atoms with Gasteiger partial charge in [0, 0.05) is 12.3 Å². The fourth-order valence-electron chi connectivity index (χ4n) is 6.95. The highest BCUT2D eigenvalue weighted by Gasteiger charge is 2.54. The molecular formula is C38H40N6O7Si. The van der Waals surface area contributed by atoms with Gasteiger partial charge in [-0.1, -0.05) is 107 Å². The minimum Gasteiger partial charge on any atom is -0.402 e. The number of nitrogens with zero attached hydrogens (tertiary/aromatic N) is 4. The van der Waals surface area contributed by atoms with E-state index in [1.807, 2.05) is 36.4 Å². The molecule has 2 aliphatic rings. The number of benzene rings is 3. The summed E-state index contributed by atoms with van der Waals surface area (Å²) in [5, 5.41) is 5.18. The molecule has 0 unspecified atom stereocenters. The number of anilines is 1. The summed E-state index contributed by atoms with van der Waals surface area (Å²) < 4.78 is 15.8. The molecule has 7 rings (SSSR count). The lowest BCUT2D eigenvalue weighted by Crippen LogP contribution is -2.68. The molecule has 3 amide bonds. The number of hydrogen-bond donors (Lipinski definition) is 2. The SMILES string of the molecule is CC(C)C(=O)Nc1nc2c(ncn2[C@H]2C[C@H](O[Si](c3ccccc3)(c3ccccc3)C(C)(C)C)[C@@H](CON3C(=O)c4ccccc4C3=O)O2)c(=O)[nH]1. The van der Waals surface area contributed by atoms with Crippen molar-refractivity contribution >= 4 is 53.5 Å². The quantitative estimate of drug-likeness (QED) is 0.160. The Hall–Kier alpha value is -5.28. The first kappa shape index (κ1) is 35.1. The molecule has 0 aliphatic carbocycles. The van der Waals surface area contributed by atoms with E-state index < -0.39 is 44.1 Å². The molecule has 0 spiro atoms. The minimum absolute atomic E-state index is 0.0124. The molecule has 0 saturated carbocycles. The molecule has 13 nitrogen and oxygen atoms in total. The predicted molar refractivity (Wildman–Crippen MR) is 196 cm³/mol. The van der Waals surface area contributed by atoms with Crippen LogP contribution in [0.3, 0.4) is 0 Å². The number of rotatable bonds is 10. The van der Waals surface area contributed by atoms with Gasteiger partial charge in [-0.25, -0.2) is 4.98 Å². The Morgan fingerprint density at radius 2 is 1.52 bits per heavy atom. The first-order valence-electron chi connectivity index (χ1n) is 17.2. The number of aromatic nitrogens is 4. The Labute approximate surface area is 301 Å². The molecule has 0 radical (unpaired) electrons. The van der Waals surface area contributed by atoms with E-state index in [0.29, 0.717) is 0 Å². The second kappa shape index (κ2) is 13.7. The van der Waals surface area contributed by atoms with Crippen LogP contribution in [0.2, 0.25) is 5.04 Å². The average molecular weight is 721 g/mol. The molecule has 1 saturated heterocycles. The van der Waals surface area contributed by atoms with Gasteiger partial charge < -0.3 is 9.16 Å². The van der Waals surface area contributed by atoms with Gasteiger partial charge in [-0.3, -0.25) is 38.9 Å². The van der Waals surface area contributed by atoms with Crippen LogP contribution in [0.15, 0.2) is 96.1 Å². The number of carbonyl (C=O) groups is 3. The first-order valence-corrected chi connectivity index (χ1v) is 19.1. The van der Waals surface area contributed by atoms with Crippen LogP contribution in [0.4, 0.5) is 5.95 Å². The standard InChI is InChI=1S/C38H40N6O7Si/c1-23(2)33(45)41-37-40-32-31(34(46)42-37)39-22-43(32)30-20-28(29(50-30)21-49-44-35(47)26-18-12-13-19-27(26)36(44)48)51-52(38(3,4)5,24-14-8-6-9-15-24)25-16-10-7-11-17-25/h6-19,22-23,28-30H,20-21H2,1-5H3,(H2,40,41,42,45,46)/t28-,29+,30+/m0/s1. The van der Waals surface area contributed by atoms with Gasteiger partial charge >= 0.3 is 0 Å². The van der Waals surface area contributed by atoms with E-state index in [9.17, 15) is 19.2 Å². The van der Waals surface area contributed by atoms with Gasteiger partial charge in [-0.15, -0.1) is 5.06 Å². The van der Waals surface area contributed by atoms with Crippen molar-refractivity contribution in [2.24, 2.45) is 5.92 Å². The van der Waals surface area contributed by atoms with E-state index in [-0.39, 0.29) is 58.1 Å². The highest BCUT2D eigenvalue weighted by atomic mass is 28.4. The number of nitrogens with one attached hydrogen (secondary N) is 2. The van der Waals surface area contributed by atoms with E-state index in [1.165, 1.54) is 6.33 Å². The van der Waals surface area contributed by atoms with Crippen LogP contribution in [-0.4, -0.2) is 69.4 Å². The molecule has 1 fully saturated rings. The molecule has 3 atom stereocenters. The average Bonchev–Trinajstić information content (AvgIpc) is 3.80. The lowest BCUT2D eigenvalue weighted by Gasteiger charge is -2.45. The number of amides is 3. The molecule has 268 valence electrons. The van der Waals surface area contributed by atoms with Crippen molar-refractivity contribution in [3.05, 3.63) is 113 Å². The first-order chi connectivity index (χ1) is 24.9. The van der Waals surface area contributed by atoms with Crippen LogP contribution in [-0.2, 0) is 18.8 Å². The van der Waals surface area contributed by atoms with Gasteiger partial charge in [0.1, 0.15) is 18.9 Å². The summed E-state index contributed by atoms with van der Waals surface area (Å²) >= 11 is 0. The van der Waals surface area contributed by atoms with E-state index >= 15 is 0 Å². The maximum atomic E-state index is 13.2. The van der Waals surface area contributed by atoms with Crippen molar-refractivity contribution in [3.8, 4) is 0 Å². The summed E-state index contributed by atoms with van der Waals surface area (Å²) in [4.78, 5) is 69.5. The molecule has 0 bridgehead atoms. The monoisotopic (exact) mass is 720 g/mol. The summed E-state index contributed by atoms with van der Waals surface area (Å²) in [5.41, 5.74) is 0.283. The Morgan fingerprint density at radius 3 is 2.08 bits per heavy atom. The number of aromatic amines is 1. The van der Waals surface area contributed by atoms with Crippen LogP contribution in [0.1, 0.15) is 68.0 Å². The molecule has 4 heterocycles. The van der Waals surface area contributed by atoms with E-state index in [2.05, 4.69) is 65.3 Å².